The number of pyridine rings is 1. The Morgan fingerprint density at radius 2 is 2.47 bits per heavy atom. The Morgan fingerprint density at radius 3 is 3.16 bits per heavy atom. The first-order valence-electron chi connectivity index (χ1n) is 6.40. The van der Waals surface area contributed by atoms with Crippen molar-refractivity contribution in [3.63, 3.8) is 0 Å². The number of ether oxygens (including phenoxy) is 1. The maximum Gasteiger partial charge on any atom is 0.340 e. The summed E-state index contributed by atoms with van der Waals surface area (Å²) in [5, 5.41) is 3.83. The van der Waals surface area contributed by atoms with E-state index >= 15 is 0 Å². The van der Waals surface area contributed by atoms with Crippen molar-refractivity contribution in [2.75, 3.05) is 30.5 Å². The first-order chi connectivity index (χ1) is 9.22. The number of nitrogens with two attached hydrogens (primary N) is 1. The van der Waals surface area contributed by atoms with Crippen molar-refractivity contribution < 1.29 is 9.53 Å². The summed E-state index contributed by atoms with van der Waals surface area (Å²) in [6.45, 7) is 0.826. The number of nitrogens with zero attached hydrogens (tertiary/aromatic N) is 1. The van der Waals surface area contributed by atoms with Gasteiger partial charge in [0.15, 0.2) is 0 Å². The van der Waals surface area contributed by atoms with Crippen LogP contribution >= 0.6 is 11.8 Å². The molecule has 104 valence electrons. The number of anilines is 2. The van der Waals surface area contributed by atoms with Gasteiger partial charge in [-0.1, -0.05) is 6.42 Å². The summed E-state index contributed by atoms with van der Waals surface area (Å²) < 4.78 is 4.69. The number of esters is 1. The number of hydrogen-bond acceptors (Lipinski definition) is 6. The Kier molecular flexibility index (Phi) is 4.90. The average molecular weight is 281 g/mol. The third-order valence-corrected chi connectivity index (χ3v) is 4.56. The van der Waals surface area contributed by atoms with Gasteiger partial charge in [-0.25, -0.2) is 9.78 Å². The molecular formula is C13H19N3O2S. The Labute approximate surface area is 117 Å². The fourth-order valence-corrected chi connectivity index (χ4v) is 3.32. The van der Waals surface area contributed by atoms with E-state index in [1.807, 2.05) is 11.8 Å². The summed E-state index contributed by atoms with van der Waals surface area (Å²) in [5.74, 6) is 1.35. The van der Waals surface area contributed by atoms with Crippen LogP contribution in [0, 0.1) is 0 Å². The fraction of sp³-hybridized carbons (Fsp3) is 0.538. The van der Waals surface area contributed by atoms with Crippen LogP contribution in [-0.4, -0.2) is 35.6 Å². The molecule has 1 unspecified atom stereocenters. The predicted molar refractivity (Wildman–Crippen MR) is 78.6 cm³/mol. The summed E-state index contributed by atoms with van der Waals surface area (Å²) in [4.78, 5) is 15.7. The molecule has 1 aromatic heterocycles. The molecule has 0 saturated carbocycles. The lowest BCUT2D eigenvalue weighted by Gasteiger charge is -2.22. The van der Waals surface area contributed by atoms with Crippen LogP contribution in [0.15, 0.2) is 12.3 Å². The average Bonchev–Trinajstić information content (AvgIpc) is 2.46. The van der Waals surface area contributed by atoms with Crippen LogP contribution in [0.2, 0.25) is 0 Å². The van der Waals surface area contributed by atoms with Crippen LogP contribution in [0.1, 0.15) is 29.6 Å². The van der Waals surface area contributed by atoms with Crippen molar-refractivity contribution in [2.45, 2.75) is 24.5 Å². The van der Waals surface area contributed by atoms with Crippen LogP contribution in [0.3, 0.4) is 0 Å². The van der Waals surface area contributed by atoms with E-state index in [4.69, 9.17) is 5.73 Å². The minimum absolute atomic E-state index is 0.357. The third kappa shape index (κ3) is 3.53. The summed E-state index contributed by atoms with van der Waals surface area (Å²) >= 11 is 1.98. The molecule has 19 heavy (non-hydrogen) atoms. The quantitative estimate of drug-likeness (QED) is 0.823. The number of rotatable bonds is 4. The number of carbonyl (C=O) groups excluding carboxylic acids is 1. The molecule has 0 spiro atoms. The Bertz CT molecular complexity index is 448. The lowest BCUT2D eigenvalue weighted by molar-refractivity contribution is 0.0602. The van der Waals surface area contributed by atoms with Gasteiger partial charge in [0.05, 0.1) is 18.4 Å². The third-order valence-electron chi connectivity index (χ3n) is 3.17. The molecule has 0 aliphatic carbocycles. The largest absolute Gasteiger partial charge is 0.465 e. The zero-order valence-corrected chi connectivity index (χ0v) is 11.8. The number of hydrogen-bond donors (Lipinski definition) is 2. The van der Waals surface area contributed by atoms with Gasteiger partial charge in [-0.05, 0) is 24.7 Å². The molecule has 0 radical (unpaired) electrons. The summed E-state index contributed by atoms with van der Waals surface area (Å²) in [7, 11) is 1.34. The molecule has 1 aromatic rings. The molecule has 0 amide bonds. The molecular weight excluding hydrogens is 262 g/mol. The van der Waals surface area contributed by atoms with Gasteiger partial charge in [-0.2, -0.15) is 11.8 Å². The standard InChI is InChI=1S/C13H19N3O2S/c1-18-13(17)10-5-6-15-12(11(10)14)16-8-9-4-2-3-7-19-9/h5-6,9H,2-4,7-8,14H2,1H3,(H,15,16). The van der Waals surface area contributed by atoms with Crippen LogP contribution in [0.5, 0.6) is 0 Å². The molecule has 2 heterocycles. The minimum atomic E-state index is -0.435. The van der Waals surface area contributed by atoms with Crippen molar-refractivity contribution in [2.24, 2.45) is 0 Å². The summed E-state index contributed by atoms with van der Waals surface area (Å²) in [6, 6.07) is 1.57. The maximum atomic E-state index is 11.5. The van der Waals surface area contributed by atoms with E-state index < -0.39 is 5.97 Å². The first-order valence-corrected chi connectivity index (χ1v) is 7.45. The zero-order valence-electron chi connectivity index (χ0n) is 11.0. The molecule has 1 fully saturated rings. The number of carbonyl (C=O) groups is 1. The van der Waals surface area contributed by atoms with Crippen LogP contribution in [-0.2, 0) is 4.74 Å². The Morgan fingerprint density at radius 1 is 1.63 bits per heavy atom. The second kappa shape index (κ2) is 6.65. The van der Waals surface area contributed by atoms with Gasteiger partial charge in [0, 0.05) is 18.0 Å². The molecule has 5 nitrogen and oxygen atoms in total. The van der Waals surface area contributed by atoms with Gasteiger partial charge in [0.2, 0.25) is 0 Å². The number of thioether (sulfide) groups is 1. The Hall–Kier alpha value is -1.43. The number of nitrogens with one attached hydrogen (secondary N) is 1. The SMILES string of the molecule is COC(=O)c1ccnc(NCC2CCCCS2)c1N. The highest BCUT2D eigenvalue weighted by Crippen LogP contribution is 2.26. The second-order valence-corrected chi connectivity index (χ2v) is 5.89. The topological polar surface area (TPSA) is 77.2 Å². The van der Waals surface area contributed by atoms with E-state index in [2.05, 4.69) is 15.0 Å². The minimum Gasteiger partial charge on any atom is -0.465 e. The van der Waals surface area contributed by atoms with E-state index in [1.165, 1.54) is 32.1 Å². The van der Waals surface area contributed by atoms with Crippen LogP contribution < -0.4 is 11.1 Å². The van der Waals surface area contributed by atoms with Crippen molar-refractivity contribution in [3.8, 4) is 0 Å². The molecule has 2 rings (SSSR count). The van der Waals surface area contributed by atoms with Gasteiger partial charge in [0.1, 0.15) is 5.82 Å². The van der Waals surface area contributed by atoms with E-state index in [-0.39, 0.29) is 0 Å². The fourth-order valence-electron chi connectivity index (χ4n) is 2.08. The van der Waals surface area contributed by atoms with Crippen molar-refractivity contribution >= 4 is 29.2 Å². The molecule has 0 bridgehead atoms. The monoisotopic (exact) mass is 281 g/mol. The van der Waals surface area contributed by atoms with Crippen molar-refractivity contribution in [1.82, 2.24) is 4.98 Å². The van der Waals surface area contributed by atoms with Crippen LogP contribution in [0.25, 0.3) is 0 Å². The van der Waals surface area contributed by atoms with Gasteiger partial charge < -0.3 is 15.8 Å². The van der Waals surface area contributed by atoms with Crippen molar-refractivity contribution in [3.05, 3.63) is 17.8 Å². The van der Waals surface area contributed by atoms with E-state index in [0.29, 0.717) is 22.3 Å². The normalized spacial score (nSPS) is 18.9. The van der Waals surface area contributed by atoms with Gasteiger partial charge >= 0.3 is 5.97 Å². The maximum absolute atomic E-state index is 11.5. The van der Waals surface area contributed by atoms with E-state index in [1.54, 1.807) is 12.3 Å². The number of nitrogen functional groups attached to an aromatic ring is 1. The molecule has 3 N–H and O–H groups in total. The highest BCUT2D eigenvalue weighted by molar-refractivity contribution is 7.99. The van der Waals surface area contributed by atoms with Gasteiger partial charge in [0.25, 0.3) is 0 Å². The van der Waals surface area contributed by atoms with E-state index in [0.717, 1.165) is 6.54 Å². The Balaban J connectivity index is 2.01. The first kappa shape index (κ1) is 14.0. The molecule has 1 saturated heterocycles. The zero-order chi connectivity index (χ0) is 13.7. The molecule has 1 aliphatic heterocycles. The summed E-state index contributed by atoms with van der Waals surface area (Å²) in [5.41, 5.74) is 6.66. The number of aromatic nitrogens is 1. The highest BCUT2D eigenvalue weighted by Gasteiger charge is 2.17. The highest BCUT2D eigenvalue weighted by atomic mass is 32.2. The molecule has 0 aromatic carbocycles. The molecule has 6 heteroatoms. The second-order valence-electron chi connectivity index (χ2n) is 4.48. The summed E-state index contributed by atoms with van der Waals surface area (Å²) in [6.07, 6.45) is 5.37. The van der Waals surface area contributed by atoms with Crippen LogP contribution in [0.4, 0.5) is 11.5 Å². The molecule has 1 aliphatic rings. The lowest BCUT2D eigenvalue weighted by atomic mass is 10.2. The van der Waals surface area contributed by atoms with Gasteiger partial charge in [-0.15, -0.1) is 0 Å². The van der Waals surface area contributed by atoms with Gasteiger partial charge in [-0.3, -0.25) is 0 Å². The predicted octanol–water partition coefficient (Wildman–Crippen LogP) is 2.15. The molecule has 1 atom stereocenters. The van der Waals surface area contributed by atoms with E-state index in [9.17, 15) is 4.79 Å². The smallest absolute Gasteiger partial charge is 0.340 e. The lowest BCUT2D eigenvalue weighted by Crippen LogP contribution is -2.21. The number of methoxy groups -OCH3 is 1. The van der Waals surface area contributed by atoms with Crippen molar-refractivity contribution in [1.29, 1.82) is 0 Å².